The topological polar surface area (TPSA) is 94.5 Å². The van der Waals surface area contributed by atoms with Gasteiger partial charge in [0.25, 0.3) is 0 Å². The second-order valence-electron chi connectivity index (χ2n) is 11.8. The maximum Gasteiger partial charge on any atom is 0.227 e. The van der Waals surface area contributed by atoms with Crippen molar-refractivity contribution in [3.05, 3.63) is 42.2 Å². The fourth-order valence-corrected chi connectivity index (χ4v) is 7.08. The number of aliphatic hydroxyl groups excluding tert-OH is 1. The van der Waals surface area contributed by atoms with Crippen LogP contribution in [0.5, 0.6) is 0 Å². The molecule has 8 nitrogen and oxygen atoms in total. The summed E-state index contributed by atoms with van der Waals surface area (Å²) in [4.78, 5) is 17.8. The number of aliphatic hydroxyl groups is 1. The van der Waals surface area contributed by atoms with Crippen LogP contribution in [0.1, 0.15) is 38.7 Å². The predicted molar refractivity (Wildman–Crippen MR) is 154 cm³/mol. The van der Waals surface area contributed by atoms with Gasteiger partial charge in [-0.25, -0.2) is 14.4 Å². The average Bonchev–Trinajstić information content (AvgIpc) is 2.81. The molecule has 0 amide bonds. The summed E-state index contributed by atoms with van der Waals surface area (Å²) in [6.07, 6.45) is 3.70. The van der Waals surface area contributed by atoms with Gasteiger partial charge in [-0.05, 0) is 61.7 Å². The number of anilines is 4. The Hall–Kier alpha value is -2.77. The van der Waals surface area contributed by atoms with Gasteiger partial charge in [-0.2, -0.15) is 4.98 Å². The fourth-order valence-electron chi connectivity index (χ4n) is 5.61. The molecule has 0 unspecified atom stereocenters. The van der Waals surface area contributed by atoms with Crippen LogP contribution in [0.4, 0.5) is 27.7 Å². The number of alkyl halides is 1. The zero-order valence-corrected chi connectivity index (χ0v) is 23.7. The van der Waals surface area contributed by atoms with E-state index in [0.29, 0.717) is 42.4 Å². The molecule has 0 radical (unpaired) electrons. The number of fused-ring (bicyclic) bond motifs is 1. The van der Waals surface area contributed by atoms with Crippen molar-refractivity contribution < 1.29 is 14.1 Å². The lowest BCUT2D eigenvalue weighted by molar-refractivity contribution is -0.00860. The second kappa shape index (κ2) is 10.1. The molecule has 0 saturated carbocycles. The predicted octanol–water partition coefficient (Wildman–Crippen LogP) is 5.25. The van der Waals surface area contributed by atoms with Gasteiger partial charge >= 0.3 is 0 Å². The van der Waals surface area contributed by atoms with Crippen molar-refractivity contribution in [1.82, 2.24) is 15.0 Å². The first-order chi connectivity index (χ1) is 17.9. The molecule has 2 fully saturated rings. The number of nitrogens with zero attached hydrogens (tertiary/aromatic N) is 5. The van der Waals surface area contributed by atoms with E-state index in [4.69, 9.17) is 4.98 Å². The molecule has 2 atom stereocenters. The molecule has 3 aromatic rings. The fraction of sp³-hybridized carbons (Fsp3) is 0.536. The third-order valence-corrected chi connectivity index (χ3v) is 8.97. The summed E-state index contributed by atoms with van der Waals surface area (Å²) >= 11 is 0. The van der Waals surface area contributed by atoms with Gasteiger partial charge in [-0.1, -0.05) is 19.9 Å². The van der Waals surface area contributed by atoms with Gasteiger partial charge in [0.1, 0.15) is 11.6 Å². The number of rotatable bonds is 7. The summed E-state index contributed by atoms with van der Waals surface area (Å²) in [5.41, 5.74) is 0.696. The Morgan fingerprint density at radius 1 is 1.16 bits per heavy atom. The van der Waals surface area contributed by atoms with Crippen LogP contribution in [0.2, 0.25) is 0 Å². The molecule has 0 aliphatic carbocycles. The zero-order chi connectivity index (χ0) is 27.2. The summed E-state index contributed by atoms with van der Waals surface area (Å²) in [5, 5.41) is 15.5. The molecular formula is C28H38FN6O2P. The minimum Gasteiger partial charge on any atom is -0.390 e. The van der Waals surface area contributed by atoms with Crippen LogP contribution < -0.4 is 15.1 Å². The van der Waals surface area contributed by atoms with Crippen molar-refractivity contribution in [2.75, 3.05) is 60.8 Å². The van der Waals surface area contributed by atoms with E-state index in [2.05, 4.69) is 52.2 Å². The van der Waals surface area contributed by atoms with Crippen LogP contribution >= 0.6 is 7.14 Å². The lowest BCUT2D eigenvalue weighted by atomic mass is 9.93. The number of pyridine rings is 1. The number of aromatic nitrogens is 3. The number of piperidine rings is 1. The molecule has 2 saturated heterocycles. The van der Waals surface area contributed by atoms with E-state index in [-0.39, 0.29) is 6.54 Å². The molecule has 2 aliphatic rings. The zero-order valence-electron chi connectivity index (χ0n) is 22.9. The number of hydrogen-bond acceptors (Lipinski definition) is 8. The van der Waals surface area contributed by atoms with Gasteiger partial charge in [0.15, 0.2) is 5.67 Å². The van der Waals surface area contributed by atoms with Crippen LogP contribution in [-0.4, -0.2) is 77.5 Å². The molecular weight excluding hydrogens is 502 g/mol. The first-order valence-corrected chi connectivity index (χ1v) is 16.1. The Labute approximate surface area is 224 Å². The number of halogens is 1. The highest BCUT2D eigenvalue weighted by Crippen LogP contribution is 2.43. The van der Waals surface area contributed by atoms with Crippen molar-refractivity contribution in [1.29, 1.82) is 0 Å². The summed E-state index contributed by atoms with van der Waals surface area (Å²) in [5.74, 6) is 2.48. The smallest absolute Gasteiger partial charge is 0.227 e. The van der Waals surface area contributed by atoms with Crippen LogP contribution in [-0.2, 0) is 4.57 Å². The Bertz CT molecular complexity index is 1370. The molecule has 2 aromatic heterocycles. The van der Waals surface area contributed by atoms with Crippen LogP contribution in [0, 0.1) is 5.92 Å². The van der Waals surface area contributed by atoms with Crippen molar-refractivity contribution in [2.45, 2.75) is 44.9 Å². The molecule has 2 aliphatic heterocycles. The monoisotopic (exact) mass is 540 g/mol. The van der Waals surface area contributed by atoms with Crippen LogP contribution in [0.15, 0.2) is 36.7 Å². The molecule has 204 valence electrons. The van der Waals surface area contributed by atoms with Gasteiger partial charge in [-0.3, -0.25) is 0 Å². The van der Waals surface area contributed by atoms with E-state index < -0.39 is 18.9 Å². The quantitative estimate of drug-likeness (QED) is 0.393. The summed E-state index contributed by atoms with van der Waals surface area (Å²) < 4.78 is 27.0. The lowest BCUT2D eigenvalue weighted by Crippen LogP contribution is -2.52. The first-order valence-electron chi connectivity index (χ1n) is 13.3. The van der Waals surface area contributed by atoms with Gasteiger partial charge in [-0.15, -0.1) is 0 Å². The highest BCUT2D eigenvalue weighted by atomic mass is 31.2. The highest BCUT2D eigenvalue weighted by Gasteiger charge is 2.39. The van der Waals surface area contributed by atoms with Gasteiger partial charge < -0.3 is 24.8 Å². The van der Waals surface area contributed by atoms with E-state index in [9.17, 15) is 14.1 Å². The number of benzene rings is 1. The van der Waals surface area contributed by atoms with E-state index in [0.717, 1.165) is 35.7 Å². The minimum absolute atomic E-state index is 0.0395. The molecule has 10 heteroatoms. The van der Waals surface area contributed by atoms with E-state index in [1.807, 2.05) is 19.5 Å². The summed E-state index contributed by atoms with van der Waals surface area (Å²) in [6, 6.07) is 8.22. The molecule has 0 spiro atoms. The molecule has 4 heterocycles. The largest absolute Gasteiger partial charge is 0.390 e. The first kappa shape index (κ1) is 26.8. The SMILES string of the molecule is CC(C)c1ccc(N2CC(CP(C)(C)=O)C2)c2cnc(Nc3ccnc(N4CC[C@@H](O)[C@@](C)(F)C4)n3)cc12. The highest BCUT2D eigenvalue weighted by molar-refractivity contribution is 7.62. The van der Waals surface area contributed by atoms with Gasteiger partial charge in [0.05, 0.1) is 19.8 Å². The maximum absolute atomic E-state index is 14.7. The number of nitrogens with one attached hydrogen (secondary N) is 1. The van der Waals surface area contributed by atoms with Crippen LogP contribution in [0.3, 0.4) is 0 Å². The third-order valence-electron chi connectivity index (χ3n) is 7.58. The van der Waals surface area contributed by atoms with Crippen molar-refractivity contribution in [2.24, 2.45) is 5.92 Å². The van der Waals surface area contributed by atoms with Crippen LogP contribution in [0.25, 0.3) is 10.8 Å². The normalized spacial score (nSPS) is 22.7. The van der Waals surface area contributed by atoms with Gasteiger partial charge in [0, 0.05) is 55.2 Å². The Kier molecular flexibility index (Phi) is 7.12. The van der Waals surface area contributed by atoms with E-state index >= 15 is 0 Å². The van der Waals surface area contributed by atoms with E-state index in [1.165, 1.54) is 12.5 Å². The lowest BCUT2D eigenvalue weighted by Gasteiger charge is -2.42. The van der Waals surface area contributed by atoms with Crippen molar-refractivity contribution >= 4 is 41.2 Å². The third kappa shape index (κ3) is 5.64. The minimum atomic E-state index is -2.03. The molecule has 2 N–H and O–H groups in total. The molecule has 38 heavy (non-hydrogen) atoms. The van der Waals surface area contributed by atoms with E-state index in [1.54, 1.807) is 17.2 Å². The summed E-state index contributed by atoms with van der Waals surface area (Å²) in [7, 11) is -2.03. The second-order valence-corrected chi connectivity index (χ2v) is 15.4. The summed E-state index contributed by atoms with van der Waals surface area (Å²) in [6.45, 7) is 11.9. The van der Waals surface area contributed by atoms with Crippen molar-refractivity contribution in [3.63, 3.8) is 0 Å². The standard InChI is InChI=1S/C28H38FN6O2P/c1-18(2)20-6-7-23(35-14-19(15-35)16-38(4,5)37)22-13-31-26(12-21(20)22)32-25-8-10-30-27(33-25)34-11-9-24(36)28(3,29)17-34/h6-8,10,12-13,18-19,24,36H,9,11,14-17H2,1-5H3,(H,30,31,32,33)/t24-,28+/m1/s1. The Balaban J connectivity index is 1.39. The van der Waals surface area contributed by atoms with Crippen molar-refractivity contribution in [3.8, 4) is 0 Å². The molecule has 1 aromatic carbocycles. The molecule has 5 rings (SSSR count). The Morgan fingerprint density at radius 2 is 1.92 bits per heavy atom. The average molecular weight is 541 g/mol. The maximum atomic E-state index is 14.7. The Morgan fingerprint density at radius 3 is 2.61 bits per heavy atom. The number of hydrogen-bond donors (Lipinski definition) is 2. The molecule has 0 bridgehead atoms. The van der Waals surface area contributed by atoms with Gasteiger partial charge in [0.2, 0.25) is 5.95 Å².